The molecule has 0 fully saturated rings. The highest BCUT2D eigenvalue weighted by molar-refractivity contribution is 7.89. The molecule has 3 N–H and O–H groups in total. The lowest BCUT2D eigenvalue weighted by Gasteiger charge is -2.09. The highest BCUT2D eigenvalue weighted by Gasteiger charge is 2.19. The van der Waals surface area contributed by atoms with Gasteiger partial charge in [-0.1, -0.05) is 11.6 Å². The molecule has 0 atom stereocenters. The van der Waals surface area contributed by atoms with E-state index in [1.807, 2.05) is 16.8 Å². The van der Waals surface area contributed by atoms with Gasteiger partial charge in [-0.2, -0.15) is 11.3 Å². The average molecular weight is 335 g/mol. The first-order chi connectivity index (χ1) is 9.40. The first-order valence-electron chi connectivity index (χ1n) is 5.65. The van der Waals surface area contributed by atoms with Crippen LogP contribution < -0.4 is 10.5 Å². The van der Waals surface area contributed by atoms with E-state index in [1.165, 1.54) is 0 Å². The summed E-state index contributed by atoms with van der Waals surface area (Å²) in [6, 6.07) is 3.83. The van der Waals surface area contributed by atoms with Crippen LogP contribution in [0.25, 0.3) is 0 Å². The Kier molecular flexibility index (Phi) is 4.64. The summed E-state index contributed by atoms with van der Waals surface area (Å²) in [7, 11) is -3.81. The number of anilines is 1. The zero-order chi connectivity index (χ0) is 14.8. The van der Waals surface area contributed by atoms with Crippen LogP contribution in [-0.2, 0) is 16.4 Å². The Labute approximate surface area is 125 Å². The molecule has 0 aliphatic rings. The molecule has 0 amide bonds. The van der Waals surface area contributed by atoms with E-state index in [1.54, 1.807) is 11.3 Å². The van der Waals surface area contributed by atoms with Crippen LogP contribution in [0.1, 0.15) is 5.56 Å². The summed E-state index contributed by atoms with van der Waals surface area (Å²) in [5, 5.41) is 3.66. The van der Waals surface area contributed by atoms with E-state index in [-0.39, 0.29) is 22.2 Å². The van der Waals surface area contributed by atoms with Gasteiger partial charge in [0.25, 0.3) is 0 Å². The molecule has 0 saturated carbocycles. The van der Waals surface area contributed by atoms with Crippen LogP contribution >= 0.6 is 22.9 Å². The molecule has 8 heteroatoms. The fourth-order valence-electron chi connectivity index (χ4n) is 1.59. The lowest BCUT2D eigenvalue weighted by molar-refractivity contribution is 0.581. The number of hydrogen-bond acceptors (Lipinski definition) is 4. The van der Waals surface area contributed by atoms with Crippen molar-refractivity contribution >= 4 is 38.6 Å². The van der Waals surface area contributed by atoms with E-state index in [0.717, 1.165) is 17.7 Å². The van der Waals surface area contributed by atoms with E-state index in [9.17, 15) is 12.8 Å². The van der Waals surface area contributed by atoms with Gasteiger partial charge in [0, 0.05) is 6.54 Å². The van der Waals surface area contributed by atoms with Crippen LogP contribution in [0, 0.1) is 5.82 Å². The minimum absolute atomic E-state index is 0.195. The summed E-state index contributed by atoms with van der Waals surface area (Å²) in [5.41, 5.74) is 6.15. The number of sulfonamides is 1. The predicted octanol–water partition coefficient (Wildman–Crippen LogP) is 2.64. The molecule has 2 rings (SSSR count). The molecule has 108 valence electrons. The van der Waals surface area contributed by atoms with Gasteiger partial charge in [0.15, 0.2) is 0 Å². The first kappa shape index (κ1) is 15.2. The van der Waals surface area contributed by atoms with Crippen LogP contribution in [0.3, 0.4) is 0 Å². The summed E-state index contributed by atoms with van der Waals surface area (Å²) >= 11 is 7.29. The normalized spacial score (nSPS) is 11.7. The molecule has 2 aromatic rings. The summed E-state index contributed by atoms with van der Waals surface area (Å²) in [6.45, 7) is 0.229. The molecule has 20 heavy (non-hydrogen) atoms. The van der Waals surface area contributed by atoms with Crippen molar-refractivity contribution in [1.29, 1.82) is 0 Å². The first-order valence-corrected chi connectivity index (χ1v) is 8.46. The van der Waals surface area contributed by atoms with Crippen LogP contribution in [0.5, 0.6) is 0 Å². The lowest BCUT2D eigenvalue weighted by Crippen LogP contribution is -2.26. The largest absolute Gasteiger partial charge is 0.396 e. The number of nitrogens with two attached hydrogens (primary N) is 1. The third kappa shape index (κ3) is 3.49. The van der Waals surface area contributed by atoms with Gasteiger partial charge in [-0.15, -0.1) is 0 Å². The number of hydrogen-bond donors (Lipinski definition) is 2. The predicted molar refractivity (Wildman–Crippen MR) is 79.0 cm³/mol. The van der Waals surface area contributed by atoms with Gasteiger partial charge in [0.2, 0.25) is 10.0 Å². The van der Waals surface area contributed by atoms with Crippen molar-refractivity contribution in [3.05, 3.63) is 45.4 Å². The number of nitrogens with one attached hydrogen (secondary N) is 1. The number of thiophene rings is 1. The Balaban J connectivity index is 2.12. The molecule has 0 bridgehead atoms. The number of rotatable bonds is 5. The fourth-order valence-corrected chi connectivity index (χ4v) is 3.88. The van der Waals surface area contributed by atoms with Crippen molar-refractivity contribution < 1.29 is 12.8 Å². The highest BCUT2D eigenvalue weighted by atomic mass is 35.5. The summed E-state index contributed by atoms with van der Waals surface area (Å²) < 4.78 is 39.7. The minimum atomic E-state index is -3.81. The van der Waals surface area contributed by atoms with E-state index in [0.29, 0.717) is 6.42 Å². The van der Waals surface area contributed by atoms with Gasteiger partial charge in [0.1, 0.15) is 10.7 Å². The Bertz CT molecular complexity index is 702. The van der Waals surface area contributed by atoms with E-state index in [4.69, 9.17) is 17.3 Å². The molecule has 1 aromatic heterocycles. The van der Waals surface area contributed by atoms with Gasteiger partial charge in [-0.05, 0) is 40.9 Å². The second-order valence-corrected chi connectivity index (χ2v) is 7.01. The Morgan fingerprint density at radius 3 is 2.80 bits per heavy atom. The highest BCUT2D eigenvalue weighted by Crippen LogP contribution is 2.26. The number of benzene rings is 1. The monoisotopic (exact) mass is 334 g/mol. The Hall–Kier alpha value is -1.15. The zero-order valence-corrected chi connectivity index (χ0v) is 12.7. The van der Waals surface area contributed by atoms with Crippen molar-refractivity contribution in [3.8, 4) is 0 Å². The average Bonchev–Trinajstić information content (AvgIpc) is 2.86. The van der Waals surface area contributed by atoms with Gasteiger partial charge >= 0.3 is 0 Å². The SMILES string of the molecule is Nc1cc(S(=O)(=O)NCCc2ccsc2)c(Cl)cc1F. The molecule has 0 spiro atoms. The van der Waals surface area contributed by atoms with Crippen LogP contribution in [0.15, 0.2) is 33.9 Å². The Morgan fingerprint density at radius 1 is 1.40 bits per heavy atom. The molecule has 1 aromatic carbocycles. The summed E-state index contributed by atoms with van der Waals surface area (Å²) in [6.07, 6.45) is 0.566. The van der Waals surface area contributed by atoms with Gasteiger partial charge in [-0.25, -0.2) is 17.5 Å². The molecular formula is C12H12ClFN2O2S2. The third-order valence-electron chi connectivity index (χ3n) is 2.63. The molecule has 0 radical (unpaired) electrons. The van der Waals surface area contributed by atoms with Gasteiger partial charge in [0.05, 0.1) is 10.7 Å². The molecule has 4 nitrogen and oxygen atoms in total. The van der Waals surface area contributed by atoms with Crippen molar-refractivity contribution in [2.75, 3.05) is 12.3 Å². The van der Waals surface area contributed by atoms with E-state index >= 15 is 0 Å². The second-order valence-electron chi connectivity index (χ2n) is 4.08. The van der Waals surface area contributed by atoms with Crippen molar-refractivity contribution in [1.82, 2.24) is 4.72 Å². The number of nitrogen functional groups attached to an aromatic ring is 1. The minimum Gasteiger partial charge on any atom is -0.396 e. The van der Waals surface area contributed by atoms with Crippen molar-refractivity contribution in [2.24, 2.45) is 0 Å². The van der Waals surface area contributed by atoms with Gasteiger partial charge < -0.3 is 5.73 Å². The molecule has 0 aliphatic heterocycles. The summed E-state index contributed by atoms with van der Waals surface area (Å²) in [5.74, 6) is -0.743. The lowest BCUT2D eigenvalue weighted by atomic mass is 10.2. The second kappa shape index (κ2) is 6.09. The van der Waals surface area contributed by atoms with E-state index in [2.05, 4.69) is 4.72 Å². The number of halogens is 2. The van der Waals surface area contributed by atoms with Crippen molar-refractivity contribution in [3.63, 3.8) is 0 Å². The van der Waals surface area contributed by atoms with Crippen LogP contribution in [0.2, 0.25) is 5.02 Å². The standard InChI is InChI=1S/C12H12ClFN2O2S2/c13-9-5-10(14)11(15)6-12(9)20(17,18)16-3-1-8-2-4-19-7-8/h2,4-7,16H,1,3,15H2. The molecular weight excluding hydrogens is 323 g/mol. The molecule has 0 aliphatic carbocycles. The quantitative estimate of drug-likeness (QED) is 0.826. The maximum atomic E-state index is 13.2. The Morgan fingerprint density at radius 2 is 2.15 bits per heavy atom. The topological polar surface area (TPSA) is 72.2 Å². The van der Waals surface area contributed by atoms with Crippen molar-refractivity contribution in [2.45, 2.75) is 11.3 Å². The summed E-state index contributed by atoms with van der Waals surface area (Å²) in [4.78, 5) is -0.219. The maximum absolute atomic E-state index is 13.2. The van der Waals surface area contributed by atoms with E-state index < -0.39 is 15.8 Å². The van der Waals surface area contributed by atoms with Crippen LogP contribution in [0.4, 0.5) is 10.1 Å². The van der Waals surface area contributed by atoms with Gasteiger partial charge in [-0.3, -0.25) is 0 Å². The molecule has 0 saturated heterocycles. The molecule has 0 unspecified atom stereocenters. The third-order valence-corrected chi connectivity index (χ3v) is 5.28. The fraction of sp³-hybridized carbons (Fsp3) is 0.167. The maximum Gasteiger partial charge on any atom is 0.242 e. The zero-order valence-electron chi connectivity index (χ0n) is 10.3. The molecule has 1 heterocycles. The smallest absolute Gasteiger partial charge is 0.242 e. The van der Waals surface area contributed by atoms with Crippen LogP contribution in [-0.4, -0.2) is 15.0 Å².